The highest BCUT2D eigenvalue weighted by Gasteiger charge is 2.19. The molecule has 0 unspecified atom stereocenters. The van der Waals surface area contributed by atoms with Crippen LogP contribution >= 0.6 is 11.8 Å². The molecule has 0 fully saturated rings. The van der Waals surface area contributed by atoms with Crippen molar-refractivity contribution in [2.24, 2.45) is 5.73 Å². The Bertz CT molecular complexity index is 770. The summed E-state index contributed by atoms with van der Waals surface area (Å²) in [5.41, 5.74) is 6.50. The number of carbonyl (C=O) groups excluding carboxylic acids is 1. The zero-order chi connectivity index (χ0) is 14.7. The molecule has 2 N–H and O–H groups in total. The van der Waals surface area contributed by atoms with E-state index in [9.17, 15) is 4.79 Å². The fraction of sp³-hybridized carbons (Fsp3) is 0.0556. The van der Waals surface area contributed by atoms with Gasteiger partial charge in [0, 0.05) is 4.90 Å². The summed E-state index contributed by atoms with van der Waals surface area (Å²) < 4.78 is 0. The smallest absolute Gasteiger partial charge is 0.235 e. The van der Waals surface area contributed by atoms with Crippen LogP contribution in [0.3, 0.4) is 0 Å². The third-order valence-corrected chi connectivity index (χ3v) is 4.60. The highest BCUT2D eigenvalue weighted by atomic mass is 32.2. The SMILES string of the molecule is NC(=O)[C@@H](Sc1ccc2ccccc2c1)c1ccccc1. The van der Waals surface area contributed by atoms with E-state index in [0.717, 1.165) is 10.5 Å². The Kier molecular flexibility index (Phi) is 3.93. The lowest BCUT2D eigenvalue weighted by molar-refractivity contribution is -0.117. The first-order chi connectivity index (χ1) is 10.2. The number of fused-ring (bicyclic) bond motifs is 1. The van der Waals surface area contributed by atoms with Gasteiger partial charge in [-0.05, 0) is 28.5 Å². The van der Waals surface area contributed by atoms with Gasteiger partial charge in [-0.2, -0.15) is 0 Å². The molecule has 0 saturated carbocycles. The highest BCUT2D eigenvalue weighted by molar-refractivity contribution is 8.00. The fourth-order valence-corrected chi connectivity index (χ4v) is 3.32. The molecule has 3 aromatic rings. The quantitative estimate of drug-likeness (QED) is 0.734. The number of carbonyl (C=O) groups is 1. The minimum absolute atomic E-state index is 0.320. The Morgan fingerprint density at radius 3 is 2.24 bits per heavy atom. The minimum Gasteiger partial charge on any atom is -0.368 e. The minimum atomic E-state index is -0.368. The van der Waals surface area contributed by atoms with Crippen LogP contribution in [0.2, 0.25) is 0 Å². The van der Waals surface area contributed by atoms with Crippen LogP contribution in [0.4, 0.5) is 0 Å². The Hall–Kier alpha value is -2.26. The number of amides is 1. The van der Waals surface area contributed by atoms with Crippen LogP contribution in [0, 0.1) is 0 Å². The van der Waals surface area contributed by atoms with Crippen molar-refractivity contribution < 1.29 is 4.79 Å². The van der Waals surface area contributed by atoms with Crippen LogP contribution in [-0.2, 0) is 4.79 Å². The van der Waals surface area contributed by atoms with Gasteiger partial charge in [0.05, 0.1) is 0 Å². The molecule has 2 nitrogen and oxygen atoms in total. The van der Waals surface area contributed by atoms with E-state index in [1.54, 1.807) is 0 Å². The Morgan fingerprint density at radius 2 is 1.52 bits per heavy atom. The summed E-state index contributed by atoms with van der Waals surface area (Å²) in [5.74, 6) is -0.320. The van der Waals surface area contributed by atoms with Crippen LogP contribution in [0.5, 0.6) is 0 Å². The van der Waals surface area contributed by atoms with Gasteiger partial charge in [0.2, 0.25) is 5.91 Å². The van der Waals surface area contributed by atoms with Gasteiger partial charge in [0.25, 0.3) is 0 Å². The van der Waals surface area contributed by atoms with E-state index >= 15 is 0 Å². The number of nitrogens with two attached hydrogens (primary N) is 1. The van der Waals surface area contributed by atoms with Crippen molar-refractivity contribution in [3.05, 3.63) is 78.4 Å². The van der Waals surface area contributed by atoms with Crippen LogP contribution in [0.1, 0.15) is 10.8 Å². The molecule has 21 heavy (non-hydrogen) atoms. The van der Waals surface area contributed by atoms with Crippen molar-refractivity contribution in [3.8, 4) is 0 Å². The number of thioether (sulfide) groups is 1. The molecule has 0 aliphatic heterocycles. The van der Waals surface area contributed by atoms with E-state index in [1.165, 1.54) is 22.5 Å². The zero-order valence-electron chi connectivity index (χ0n) is 11.4. The molecule has 1 atom stereocenters. The maximum Gasteiger partial charge on any atom is 0.235 e. The first kappa shape index (κ1) is 13.7. The van der Waals surface area contributed by atoms with E-state index in [2.05, 4.69) is 24.3 Å². The lowest BCUT2D eigenvalue weighted by Gasteiger charge is -2.13. The molecule has 0 radical (unpaired) electrons. The van der Waals surface area contributed by atoms with Gasteiger partial charge in [0.15, 0.2) is 0 Å². The number of hydrogen-bond acceptors (Lipinski definition) is 2. The lowest BCUT2D eigenvalue weighted by Crippen LogP contribution is -2.18. The van der Waals surface area contributed by atoms with Crippen LogP contribution in [0.15, 0.2) is 77.7 Å². The molecule has 0 aromatic heterocycles. The fourth-order valence-electron chi connectivity index (χ4n) is 2.30. The first-order valence-electron chi connectivity index (χ1n) is 6.74. The maximum atomic E-state index is 11.8. The molecule has 0 aliphatic carbocycles. The molecular formula is C18H15NOS. The van der Waals surface area contributed by atoms with E-state index in [0.29, 0.717) is 0 Å². The van der Waals surface area contributed by atoms with E-state index in [1.807, 2.05) is 48.5 Å². The van der Waals surface area contributed by atoms with Gasteiger partial charge < -0.3 is 5.73 Å². The highest BCUT2D eigenvalue weighted by Crippen LogP contribution is 2.36. The summed E-state index contributed by atoms with van der Waals surface area (Å²) in [4.78, 5) is 12.8. The number of primary amides is 1. The van der Waals surface area contributed by atoms with E-state index < -0.39 is 0 Å². The molecule has 0 spiro atoms. The van der Waals surface area contributed by atoms with Crippen molar-refractivity contribution in [2.45, 2.75) is 10.1 Å². The maximum absolute atomic E-state index is 11.8. The van der Waals surface area contributed by atoms with Crippen molar-refractivity contribution in [1.29, 1.82) is 0 Å². The van der Waals surface area contributed by atoms with E-state index in [4.69, 9.17) is 5.73 Å². The Balaban J connectivity index is 1.93. The van der Waals surface area contributed by atoms with Crippen molar-refractivity contribution in [3.63, 3.8) is 0 Å². The standard InChI is InChI=1S/C18H15NOS/c19-18(20)17(14-7-2-1-3-8-14)21-16-11-10-13-6-4-5-9-15(13)12-16/h1-12,17H,(H2,19,20)/t17-/m0/s1. The van der Waals surface area contributed by atoms with Crippen LogP contribution < -0.4 is 5.73 Å². The van der Waals surface area contributed by atoms with Crippen molar-refractivity contribution >= 4 is 28.4 Å². The van der Waals surface area contributed by atoms with Gasteiger partial charge in [-0.1, -0.05) is 60.7 Å². The van der Waals surface area contributed by atoms with Gasteiger partial charge in [-0.15, -0.1) is 11.8 Å². The van der Waals surface area contributed by atoms with Gasteiger partial charge in [0.1, 0.15) is 5.25 Å². The predicted molar refractivity (Wildman–Crippen MR) is 88.2 cm³/mol. The largest absolute Gasteiger partial charge is 0.368 e. The second-order valence-electron chi connectivity index (χ2n) is 4.82. The molecular weight excluding hydrogens is 278 g/mol. The second kappa shape index (κ2) is 6.02. The number of rotatable bonds is 4. The Labute approximate surface area is 128 Å². The zero-order valence-corrected chi connectivity index (χ0v) is 12.2. The predicted octanol–water partition coefficient (Wildman–Crippen LogP) is 4.16. The summed E-state index contributed by atoms with van der Waals surface area (Å²) >= 11 is 1.49. The number of hydrogen-bond donors (Lipinski definition) is 1. The van der Waals surface area contributed by atoms with Crippen molar-refractivity contribution in [2.75, 3.05) is 0 Å². The second-order valence-corrected chi connectivity index (χ2v) is 6.00. The normalized spacial score (nSPS) is 12.2. The molecule has 0 saturated heterocycles. The summed E-state index contributed by atoms with van der Waals surface area (Å²) in [7, 11) is 0. The summed E-state index contributed by atoms with van der Waals surface area (Å²) in [6.45, 7) is 0. The summed E-state index contributed by atoms with van der Waals surface area (Å²) in [6.07, 6.45) is 0. The average molecular weight is 293 g/mol. The Morgan fingerprint density at radius 1 is 0.857 bits per heavy atom. The van der Waals surface area contributed by atoms with Crippen LogP contribution in [0.25, 0.3) is 10.8 Å². The molecule has 0 aliphatic rings. The molecule has 1 amide bonds. The third kappa shape index (κ3) is 3.09. The summed E-state index contributed by atoms with van der Waals surface area (Å²) in [5, 5.41) is 1.99. The van der Waals surface area contributed by atoms with Gasteiger partial charge in [-0.3, -0.25) is 4.79 Å². The molecule has 3 aromatic carbocycles. The average Bonchev–Trinajstić information content (AvgIpc) is 2.53. The van der Waals surface area contributed by atoms with Gasteiger partial charge >= 0.3 is 0 Å². The van der Waals surface area contributed by atoms with Crippen LogP contribution in [-0.4, -0.2) is 5.91 Å². The van der Waals surface area contributed by atoms with E-state index in [-0.39, 0.29) is 11.2 Å². The third-order valence-electron chi connectivity index (χ3n) is 3.34. The first-order valence-corrected chi connectivity index (χ1v) is 7.62. The molecule has 0 heterocycles. The molecule has 3 rings (SSSR count). The van der Waals surface area contributed by atoms with Crippen molar-refractivity contribution in [1.82, 2.24) is 0 Å². The lowest BCUT2D eigenvalue weighted by atomic mass is 10.1. The van der Waals surface area contributed by atoms with Gasteiger partial charge in [-0.25, -0.2) is 0 Å². The molecule has 0 bridgehead atoms. The molecule has 3 heteroatoms. The summed E-state index contributed by atoms with van der Waals surface area (Å²) in [6, 6.07) is 24.0. The topological polar surface area (TPSA) is 43.1 Å². The monoisotopic (exact) mass is 293 g/mol. The molecule has 104 valence electrons. The number of benzene rings is 3.